The van der Waals surface area contributed by atoms with E-state index < -0.39 is 12.6 Å². The molecule has 0 heterocycles. The van der Waals surface area contributed by atoms with E-state index in [0.29, 0.717) is 15.8 Å². The van der Waals surface area contributed by atoms with Gasteiger partial charge in [0, 0.05) is 24.5 Å². The predicted octanol–water partition coefficient (Wildman–Crippen LogP) is 2.45. The maximum Gasteiger partial charge on any atom is 0.341 e. The van der Waals surface area contributed by atoms with Crippen molar-refractivity contribution in [2.24, 2.45) is 0 Å². The van der Waals surface area contributed by atoms with Gasteiger partial charge in [0.15, 0.2) is 6.61 Å². The van der Waals surface area contributed by atoms with E-state index in [1.165, 1.54) is 12.1 Å². The largest absolute Gasteiger partial charge is 0.480 e. The fourth-order valence-corrected chi connectivity index (χ4v) is 1.19. The monoisotopic (exact) mass is 284 g/mol. The van der Waals surface area contributed by atoms with Gasteiger partial charge < -0.3 is 9.84 Å². The standard InChI is InChI=1S/C8H6Cl2O3.Zn/c9-5-1-2-7(6(10)3-5)13-4-8(11)12;/h1-3H,4H2,(H,11,12);. The Labute approximate surface area is 104 Å². The molecule has 0 aliphatic heterocycles. The molecule has 72 valence electrons. The molecule has 0 unspecified atom stereocenters. The number of carbonyl (C=O) groups is 1. The van der Waals surface area contributed by atoms with Crippen LogP contribution < -0.4 is 4.74 Å². The smallest absolute Gasteiger partial charge is 0.341 e. The average Bonchev–Trinajstić information content (AvgIpc) is 2.02. The Hall–Kier alpha value is -0.307. The number of carboxylic acids is 1. The van der Waals surface area contributed by atoms with E-state index >= 15 is 0 Å². The number of hydrogen-bond donors (Lipinski definition) is 1. The van der Waals surface area contributed by atoms with Crippen LogP contribution in [0.2, 0.25) is 10.0 Å². The molecule has 1 rings (SSSR count). The molecule has 0 fully saturated rings. The zero-order chi connectivity index (χ0) is 9.84. The molecule has 0 saturated carbocycles. The summed E-state index contributed by atoms with van der Waals surface area (Å²) in [5.41, 5.74) is 0. The van der Waals surface area contributed by atoms with Gasteiger partial charge in [-0.25, -0.2) is 4.79 Å². The zero-order valence-electron chi connectivity index (χ0n) is 7.17. The van der Waals surface area contributed by atoms with Crippen LogP contribution in [0.3, 0.4) is 0 Å². The molecule has 0 aliphatic carbocycles. The molecule has 1 N–H and O–H groups in total. The Kier molecular flexibility index (Phi) is 6.09. The Balaban J connectivity index is 0.00000169. The summed E-state index contributed by atoms with van der Waals surface area (Å²) in [7, 11) is 0. The third-order valence-electron chi connectivity index (χ3n) is 1.25. The van der Waals surface area contributed by atoms with Crippen LogP contribution in [0.15, 0.2) is 18.2 Å². The van der Waals surface area contributed by atoms with E-state index in [1.807, 2.05) is 0 Å². The summed E-state index contributed by atoms with van der Waals surface area (Å²) < 4.78 is 4.86. The predicted molar refractivity (Wildman–Crippen MR) is 49.6 cm³/mol. The maximum atomic E-state index is 10.2. The van der Waals surface area contributed by atoms with Crippen LogP contribution in [0, 0.1) is 0 Å². The molecule has 14 heavy (non-hydrogen) atoms. The Bertz CT molecular complexity index is 330. The fourth-order valence-electron chi connectivity index (χ4n) is 0.732. The molecule has 0 aliphatic rings. The second-order valence-electron chi connectivity index (χ2n) is 2.26. The molecule has 1 aromatic rings. The molecule has 3 nitrogen and oxygen atoms in total. The van der Waals surface area contributed by atoms with Gasteiger partial charge in [0.05, 0.1) is 5.02 Å². The van der Waals surface area contributed by atoms with Crippen molar-refractivity contribution >= 4 is 29.2 Å². The average molecular weight is 286 g/mol. The summed E-state index contributed by atoms with van der Waals surface area (Å²) in [5.74, 6) is -0.737. The zero-order valence-corrected chi connectivity index (χ0v) is 11.6. The van der Waals surface area contributed by atoms with E-state index in [4.69, 9.17) is 33.0 Å². The minimum absolute atomic E-state index is 0. The van der Waals surface area contributed by atoms with Crippen LogP contribution in [0.5, 0.6) is 5.75 Å². The first-order valence-corrected chi connectivity index (χ1v) is 4.15. The van der Waals surface area contributed by atoms with Gasteiger partial charge in [-0.3, -0.25) is 0 Å². The van der Waals surface area contributed by atoms with Gasteiger partial charge in [0.1, 0.15) is 5.75 Å². The summed E-state index contributed by atoms with van der Waals surface area (Å²) >= 11 is 11.3. The number of halogens is 2. The topological polar surface area (TPSA) is 46.5 Å². The summed E-state index contributed by atoms with van der Waals surface area (Å²) in [6, 6.07) is 4.58. The minimum Gasteiger partial charge on any atom is -0.480 e. The molecule has 0 aromatic heterocycles. The molecular formula is C8H6Cl2O3Zn. The number of aliphatic carboxylic acids is 1. The van der Waals surface area contributed by atoms with Crippen LogP contribution in [0.1, 0.15) is 0 Å². The van der Waals surface area contributed by atoms with E-state index in [9.17, 15) is 4.79 Å². The Morgan fingerprint density at radius 3 is 2.57 bits per heavy atom. The van der Waals surface area contributed by atoms with Gasteiger partial charge in [-0.2, -0.15) is 0 Å². The maximum absolute atomic E-state index is 10.2. The molecule has 6 heteroatoms. The fraction of sp³-hybridized carbons (Fsp3) is 0.125. The summed E-state index contributed by atoms with van der Waals surface area (Å²) in [5, 5.41) is 9.11. The van der Waals surface area contributed by atoms with E-state index in [0.717, 1.165) is 0 Å². The number of benzene rings is 1. The van der Waals surface area contributed by atoms with Crippen LogP contribution in [-0.2, 0) is 24.3 Å². The Morgan fingerprint density at radius 1 is 1.43 bits per heavy atom. The SMILES string of the molecule is O=C(O)COc1ccc(Cl)cc1Cl.[Zn]. The van der Waals surface area contributed by atoms with Crippen LogP contribution >= 0.6 is 23.2 Å². The third-order valence-corrected chi connectivity index (χ3v) is 1.78. The summed E-state index contributed by atoms with van der Waals surface area (Å²) in [6.07, 6.45) is 0. The van der Waals surface area contributed by atoms with Gasteiger partial charge in [-0.05, 0) is 18.2 Å². The molecule has 0 bridgehead atoms. The van der Waals surface area contributed by atoms with Crippen LogP contribution in [0.25, 0.3) is 0 Å². The summed E-state index contributed by atoms with van der Waals surface area (Å²) in [4.78, 5) is 10.2. The van der Waals surface area contributed by atoms with Gasteiger partial charge >= 0.3 is 5.97 Å². The van der Waals surface area contributed by atoms with Crippen molar-refractivity contribution in [1.82, 2.24) is 0 Å². The number of rotatable bonds is 3. The van der Waals surface area contributed by atoms with Gasteiger partial charge in [0.25, 0.3) is 0 Å². The van der Waals surface area contributed by atoms with Gasteiger partial charge in [-0.1, -0.05) is 23.2 Å². The molecule has 0 spiro atoms. The first kappa shape index (κ1) is 13.7. The number of hydrogen-bond acceptors (Lipinski definition) is 2. The number of ether oxygens (including phenoxy) is 1. The quantitative estimate of drug-likeness (QED) is 0.868. The molecule has 0 amide bonds. The van der Waals surface area contributed by atoms with Crippen molar-refractivity contribution in [3.05, 3.63) is 28.2 Å². The van der Waals surface area contributed by atoms with Crippen molar-refractivity contribution in [3.8, 4) is 5.75 Å². The molecule has 0 atom stereocenters. The van der Waals surface area contributed by atoms with Crippen LogP contribution in [-0.4, -0.2) is 17.7 Å². The van der Waals surface area contributed by atoms with E-state index in [-0.39, 0.29) is 19.5 Å². The normalized spacial score (nSPS) is 9.00. The van der Waals surface area contributed by atoms with E-state index in [1.54, 1.807) is 6.07 Å². The second-order valence-corrected chi connectivity index (χ2v) is 3.10. The van der Waals surface area contributed by atoms with Crippen molar-refractivity contribution in [1.29, 1.82) is 0 Å². The van der Waals surface area contributed by atoms with Crippen molar-refractivity contribution < 1.29 is 34.1 Å². The molecule has 1 aromatic carbocycles. The van der Waals surface area contributed by atoms with Crippen molar-refractivity contribution in [3.63, 3.8) is 0 Å². The van der Waals surface area contributed by atoms with Gasteiger partial charge in [-0.15, -0.1) is 0 Å². The first-order chi connectivity index (χ1) is 6.09. The second kappa shape index (κ2) is 6.23. The minimum atomic E-state index is -1.05. The Morgan fingerprint density at radius 2 is 2.07 bits per heavy atom. The van der Waals surface area contributed by atoms with Crippen molar-refractivity contribution in [2.75, 3.05) is 6.61 Å². The van der Waals surface area contributed by atoms with Crippen LogP contribution in [0.4, 0.5) is 0 Å². The van der Waals surface area contributed by atoms with Crippen molar-refractivity contribution in [2.45, 2.75) is 0 Å². The number of carboxylic acid groups (broad SMARTS) is 1. The molecule has 0 radical (unpaired) electrons. The third kappa shape index (κ3) is 4.27. The first-order valence-electron chi connectivity index (χ1n) is 3.39. The van der Waals surface area contributed by atoms with Gasteiger partial charge in [0.2, 0.25) is 0 Å². The molecular weight excluding hydrogens is 280 g/mol. The van der Waals surface area contributed by atoms with E-state index in [2.05, 4.69) is 0 Å². The summed E-state index contributed by atoms with van der Waals surface area (Å²) in [6.45, 7) is -0.415. The molecule has 0 saturated heterocycles.